The minimum atomic E-state index is -1.10. The topological polar surface area (TPSA) is 66.5 Å². The Balaban J connectivity index is 2.00. The SMILES string of the molecule is CC1(N2Cc3c(Br)cc(F)cc3C2=O)CCC(=O)NC1=O. The zero-order valence-corrected chi connectivity index (χ0v) is 12.8. The molecule has 5 nitrogen and oxygen atoms in total. The molecule has 0 aromatic heterocycles. The van der Waals surface area contributed by atoms with E-state index in [0.29, 0.717) is 10.0 Å². The van der Waals surface area contributed by atoms with Gasteiger partial charge in [-0.3, -0.25) is 19.7 Å². The van der Waals surface area contributed by atoms with E-state index in [1.807, 2.05) is 0 Å². The highest BCUT2D eigenvalue weighted by molar-refractivity contribution is 9.10. The van der Waals surface area contributed by atoms with Gasteiger partial charge in [-0.1, -0.05) is 15.9 Å². The number of carbonyl (C=O) groups excluding carboxylic acids is 3. The molecule has 1 aromatic rings. The van der Waals surface area contributed by atoms with Crippen LogP contribution in [-0.4, -0.2) is 28.2 Å². The van der Waals surface area contributed by atoms with Crippen LogP contribution < -0.4 is 5.32 Å². The number of halogens is 2. The molecule has 2 heterocycles. The van der Waals surface area contributed by atoms with Crippen LogP contribution in [-0.2, 0) is 16.1 Å². The fourth-order valence-electron chi connectivity index (χ4n) is 2.78. The Hall–Kier alpha value is -1.76. The Morgan fingerprint density at radius 3 is 2.71 bits per heavy atom. The van der Waals surface area contributed by atoms with E-state index in [0.717, 1.165) is 0 Å². The van der Waals surface area contributed by atoms with E-state index in [-0.39, 0.29) is 30.9 Å². The van der Waals surface area contributed by atoms with Gasteiger partial charge in [0.05, 0.1) is 0 Å². The molecule has 7 heteroatoms. The molecule has 1 atom stereocenters. The summed E-state index contributed by atoms with van der Waals surface area (Å²) in [4.78, 5) is 37.3. The summed E-state index contributed by atoms with van der Waals surface area (Å²) in [6.07, 6.45) is 0.440. The quantitative estimate of drug-likeness (QED) is 0.781. The molecule has 3 amide bonds. The van der Waals surface area contributed by atoms with Gasteiger partial charge in [-0.2, -0.15) is 0 Å². The molecule has 0 radical (unpaired) electrons. The number of amides is 3. The van der Waals surface area contributed by atoms with Crippen molar-refractivity contribution >= 4 is 33.7 Å². The maximum Gasteiger partial charge on any atom is 0.255 e. The third-order valence-corrected chi connectivity index (χ3v) is 4.84. The predicted molar refractivity (Wildman–Crippen MR) is 74.8 cm³/mol. The van der Waals surface area contributed by atoms with E-state index in [1.54, 1.807) is 6.92 Å². The highest BCUT2D eigenvalue weighted by Gasteiger charge is 2.48. The van der Waals surface area contributed by atoms with Gasteiger partial charge in [-0.25, -0.2) is 4.39 Å². The van der Waals surface area contributed by atoms with Crippen LogP contribution in [0.15, 0.2) is 16.6 Å². The van der Waals surface area contributed by atoms with E-state index in [1.165, 1.54) is 17.0 Å². The maximum absolute atomic E-state index is 13.5. The van der Waals surface area contributed by atoms with Gasteiger partial charge in [0, 0.05) is 23.0 Å². The third kappa shape index (κ3) is 2.07. The molecule has 0 aliphatic carbocycles. The summed E-state index contributed by atoms with van der Waals surface area (Å²) < 4.78 is 14.0. The largest absolute Gasteiger partial charge is 0.320 e. The zero-order chi connectivity index (χ0) is 15.4. The van der Waals surface area contributed by atoms with Crippen molar-refractivity contribution in [3.05, 3.63) is 33.5 Å². The predicted octanol–water partition coefficient (Wildman–Crippen LogP) is 1.74. The van der Waals surface area contributed by atoms with E-state index in [4.69, 9.17) is 0 Å². The van der Waals surface area contributed by atoms with Crippen LogP contribution in [0.2, 0.25) is 0 Å². The number of rotatable bonds is 1. The summed E-state index contributed by atoms with van der Waals surface area (Å²) in [5.74, 6) is -1.73. The van der Waals surface area contributed by atoms with Crippen molar-refractivity contribution in [1.29, 1.82) is 0 Å². The first kappa shape index (κ1) is 14.2. The first-order valence-corrected chi connectivity index (χ1v) is 7.26. The number of imide groups is 1. The fraction of sp³-hybridized carbons (Fsp3) is 0.357. The Kier molecular flexibility index (Phi) is 3.12. The number of nitrogens with one attached hydrogen (secondary N) is 1. The highest BCUT2D eigenvalue weighted by Crippen LogP contribution is 2.37. The minimum absolute atomic E-state index is 0.178. The smallest absolute Gasteiger partial charge is 0.255 e. The van der Waals surface area contributed by atoms with E-state index >= 15 is 0 Å². The van der Waals surface area contributed by atoms with Crippen molar-refractivity contribution in [3.8, 4) is 0 Å². The maximum atomic E-state index is 13.5. The lowest BCUT2D eigenvalue weighted by Crippen LogP contribution is -2.61. The van der Waals surface area contributed by atoms with Gasteiger partial charge >= 0.3 is 0 Å². The second-order valence-corrected chi connectivity index (χ2v) is 6.31. The van der Waals surface area contributed by atoms with Crippen LogP contribution >= 0.6 is 15.9 Å². The first-order valence-electron chi connectivity index (χ1n) is 6.47. The molecule has 1 fully saturated rings. The lowest BCUT2D eigenvalue weighted by Gasteiger charge is -2.39. The number of fused-ring (bicyclic) bond motifs is 1. The Morgan fingerprint density at radius 1 is 1.33 bits per heavy atom. The minimum Gasteiger partial charge on any atom is -0.320 e. The van der Waals surface area contributed by atoms with Crippen molar-refractivity contribution < 1.29 is 18.8 Å². The molecule has 2 aliphatic heterocycles. The van der Waals surface area contributed by atoms with Gasteiger partial charge in [0.2, 0.25) is 5.91 Å². The summed E-state index contributed by atoms with van der Waals surface area (Å²) in [6.45, 7) is 1.84. The van der Waals surface area contributed by atoms with Crippen molar-refractivity contribution in [2.45, 2.75) is 31.8 Å². The standard InChI is InChI=1S/C14H12BrFN2O3/c1-14(3-2-11(19)17-13(14)21)18-6-9-8(12(18)20)4-7(16)5-10(9)15/h4-5H,2-3,6H2,1H3,(H,17,19,21). The third-order valence-electron chi connectivity index (χ3n) is 4.13. The van der Waals surface area contributed by atoms with Gasteiger partial charge in [0.15, 0.2) is 0 Å². The van der Waals surface area contributed by atoms with Crippen molar-refractivity contribution in [2.75, 3.05) is 0 Å². The number of benzene rings is 1. The number of nitrogens with zero attached hydrogens (tertiary/aromatic N) is 1. The normalized spacial score (nSPS) is 25.1. The second kappa shape index (κ2) is 4.62. The van der Waals surface area contributed by atoms with Crippen LogP contribution in [0, 0.1) is 5.82 Å². The molecule has 3 rings (SSSR count). The van der Waals surface area contributed by atoms with Gasteiger partial charge in [0.1, 0.15) is 11.4 Å². The molecule has 21 heavy (non-hydrogen) atoms. The molecule has 1 N–H and O–H groups in total. The number of piperidine rings is 1. The van der Waals surface area contributed by atoms with Crippen molar-refractivity contribution in [2.24, 2.45) is 0 Å². The second-order valence-electron chi connectivity index (χ2n) is 5.46. The average Bonchev–Trinajstić information content (AvgIpc) is 2.73. The summed E-state index contributed by atoms with van der Waals surface area (Å²) >= 11 is 3.25. The Morgan fingerprint density at radius 2 is 2.05 bits per heavy atom. The van der Waals surface area contributed by atoms with Crippen molar-refractivity contribution in [3.63, 3.8) is 0 Å². The Labute approximate surface area is 128 Å². The molecular formula is C14H12BrFN2O3. The number of hydrogen-bond donors (Lipinski definition) is 1. The molecule has 0 bridgehead atoms. The van der Waals surface area contributed by atoms with Crippen LogP contribution in [0.25, 0.3) is 0 Å². The molecule has 1 unspecified atom stereocenters. The summed E-state index contributed by atoms with van der Waals surface area (Å²) in [6, 6.07) is 2.47. The van der Waals surface area contributed by atoms with E-state index in [9.17, 15) is 18.8 Å². The van der Waals surface area contributed by atoms with Crippen LogP contribution in [0.3, 0.4) is 0 Å². The number of carbonyl (C=O) groups is 3. The molecule has 110 valence electrons. The summed E-state index contributed by atoms with van der Waals surface area (Å²) in [5.41, 5.74) is -0.181. The summed E-state index contributed by atoms with van der Waals surface area (Å²) in [7, 11) is 0. The lowest BCUT2D eigenvalue weighted by atomic mass is 9.89. The molecule has 1 aromatic carbocycles. The molecular weight excluding hydrogens is 343 g/mol. The van der Waals surface area contributed by atoms with Crippen LogP contribution in [0.1, 0.15) is 35.7 Å². The van der Waals surface area contributed by atoms with Crippen LogP contribution in [0.4, 0.5) is 4.39 Å². The van der Waals surface area contributed by atoms with Gasteiger partial charge in [-0.05, 0) is 31.0 Å². The molecule has 1 saturated heterocycles. The van der Waals surface area contributed by atoms with E-state index < -0.39 is 23.2 Å². The Bertz CT molecular complexity index is 691. The van der Waals surface area contributed by atoms with Crippen LogP contribution in [0.5, 0.6) is 0 Å². The average molecular weight is 355 g/mol. The van der Waals surface area contributed by atoms with Gasteiger partial charge < -0.3 is 4.90 Å². The monoisotopic (exact) mass is 354 g/mol. The highest BCUT2D eigenvalue weighted by atomic mass is 79.9. The fourth-order valence-corrected chi connectivity index (χ4v) is 3.34. The summed E-state index contributed by atoms with van der Waals surface area (Å²) in [5, 5.41) is 2.26. The van der Waals surface area contributed by atoms with Gasteiger partial charge in [0.25, 0.3) is 11.8 Å². The van der Waals surface area contributed by atoms with E-state index in [2.05, 4.69) is 21.2 Å². The first-order chi connectivity index (χ1) is 9.83. The number of hydrogen-bond acceptors (Lipinski definition) is 3. The lowest BCUT2D eigenvalue weighted by molar-refractivity contribution is -0.142. The molecule has 2 aliphatic rings. The van der Waals surface area contributed by atoms with Gasteiger partial charge in [-0.15, -0.1) is 0 Å². The zero-order valence-electron chi connectivity index (χ0n) is 11.2. The molecule has 0 saturated carbocycles. The van der Waals surface area contributed by atoms with Crippen molar-refractivity contribution in [1.82, 2.24) is 10.2 Å². The molecule has 0 spiro atoms.